The Morgan fingerprint density at radius 1 is 1.38 bits per heavy atom. The SMILES string of the molecule is Cc1noc(CSc2ccccc2C(=O)NC(C)COCC(F)(F)F)n1. The van der Waals surface area contributed by atoms with Gasteiger partial charge in [-0.1, -0.05) is 17.3 Å². The molecule has 0 fully saturated rings. The number of carbonyl (C=O) groups is 1. The van der Waals surface area contributed by atoms with Gasteiger partial charge in [0.1, 0.15) is 6.61 Å². The summed E-state index contributed by atoms with van der Waals surface area (Å²) in [7, 11) is 0. The Kier molecular flexibility index (Phi) is 7.04. The Morgan fingerprint density at radius 2 is 2.12 bits per heavy atom. The number of nitrogens with zero attached hydrogens (tertiary/aromatic N) is 2. The highest BCUT2D eigenvalue weighted by atomic mass is 32.2. The number of halogens is 3. The number of rotatable bonds is 8. The van der Waals surface area contributed by atoms with E-state index in [1.54, 1.807) is 38.1 Å². The van der Waals surface area contributed by atoms with Gasteiger partial charge in [0.25, 0.3) is 5.91 Å². The summed E-state index contributed by atoms with van der Waals surface area (Å²) in [5, 5.41) is 6.33. The summed E-state index contributed by atoms with van der Waals surface area (Å²) in [6, 6.07) is 6.34. The van der Waals surface area contributed by atoms with Gasteiger partial charge in [-0.15, -0.1) is 11.8 Å². The Morgan fingerprint density at radius 3 is 2.77 bits per heavy atom. The van der Waals surface area contributed by atoms with E-state index in [0.717, 1.165) is 0 Å². The molecule has 0 aliphatic rings. The van der Waals surface area contributed by atoms with Crippen molar-refractivity contribution in [3.05, 3.63) is 41.5 Å². The van der Waals surface area contributed by atoms with E-state index in [0.29, 0.717) is 27.9 Å². The largest absolute Gasteiger partial charge is 0.411 e. The smallest absolute Gasteiger partial charge is 0.370 e. The predicted molar refractivity (Wildman–Crippen MR) is 88.8 cm³/mol. The number of nitrogens with one attached hydrogen (secondary N) is 1. The number of hydrogen-bond acceptors (Lipinski definition) is 6. The molecule has 0 spiro atoms. The molecule has 0 radical (unpaired) electrons. The normalized spacial score (nSPS) is 12.8. The van der Waals surface area contributed by atoms with E-state index < -0.39 is 24.7 Å². The molecule has 2 aromatic rings. The van der Waals surface area contributed by atoms with Crippen LogP contribution in [0.3, 0.4) is 0 Å². The van der Waals surface area contributed by atoms with Crippen LogP contribution in [-0.4, -0.2) is 41.5 Å². The van der Waals surface area contributed by atoms with Gasteiger partial charge in [0, 0.05) is 10.9 Å². The number of ether oxygens (including phenoxy) is 1. The zero-order valence-corrected chi connectivity index (χ0v) is 15.0. The number of alkyl halides is 3. The number of carbonyl (C=O) groups excluding carboxylic acids is 1. The maximum absolute atomic E-state index is 12.4. The Balaban J connectivity index is 1.91. The van der Waals surface area contributed by atoms with Crippen LogP contribution in [0.2, 0.25) is 0 Å². The number of hydrogen-bond donors (Lipinski definition) is 1. The van der Waals surface area contributed by atoms with Gasteiger partial charge in [-0.25, -0.2) is 0 Å². The third-order valence-electron chi connectivity index (χ3n) is 3.06. The van der Waals surface area contributed by atoms with Crippen molar-refractivity contribution in [2.45, 2.75) is 36.7 Å². The molecule has 1 heterocycles. The molecule has 1 unspecified atom stereocenters. The number of aromatic nitrogens is 2. The van der Waals surface area contributed by atoms with Gasteiger partial charge in [-0.2, -0.15) is 18.2 Å². The van der Waals surface area contributed by atoms with Crippen LogP contribution in [-0.2, 0) is 10.5 Å². The molecule has 0 bridgehead atoms. The first-order valence-electron chi connectivity index (χ1n) is 7.71. The summed E-state index contributed by atoms with van der Waals surface area (Å²) in [5.41, 5.74) is 0.413. The molecule has 1 aromatic carbocycles. The second kappa shape index (κ2) is 9.04. The fourth-order valence-corrected chi connectivity index (χ4v) is 2.90. The van der Waals surface area contributed by atoms with E-state index in [4.69, 9.17) is 4.52 Å². The van der Waals surface area contributed by atoms with Crippen LogP contribution in [0.1, 0.15) is 29.0 Å². The Hall–Kier alpha value is -2.07. The molecule has 0 aliphatic carbocycles. The third-order valence-corrected chi connectivity index (χ3v) is 4.12. The molecule has 0 saturated heterocycles. The van der Waals surface area contributed by atoms with Gasteiger partial charge < -0.3 is 14.6 Å². The molecule has 142 valence electrons. The lowest BCUT2D eigenvalue weighted by Gasteiger charge is -2.16. The highest BCUT2D eigenvalue weighted by Crippen LogP contribution is 2.26. The summed E-state index contributed by atoms with van der Waals surface area (Å²) in [4.78, 5) is 17.2. The first-order valence-corrected chi connectivity index (χ1v) is 8.69. The molecule has 1 N–H and O–H groups in total. The van der Waals surface area contributed by atoms with Gasteiger partial charge in [0.15, 0.2) is 5.82 Å². The van der Waals surface area contributed by atoms with E-state index in [-0.39, 0.29) is 6.61 Å². The summed E-state index contributed by atoms with van der Waals surface area (Å²) in [6.07, 6.45) is -4.39. The topological polar surface area (TPSA) is 77.2 Å². The zero-order valence-electron chi connectivity index (χ0n) is 14.2. The molecule has 1 amide bonds. The lowest BCUT2D eigenvalue weighted by molar-refractivity contribution is -0.174. The number of amides is 1. The van der Waals surface area contributed by atoms with E-state index in [1.807, 2.05) is 0 Å². The molecule has 2 rings (SSSR count). The highest BCUT2D eigenvalue weighted by Gasteiger charge is 2.27. The first kappa shape index (κ1) is 20.2. The second-order valence-corrected chi connectivity index (χ2v) is 6.54. The summed E-state index contributed by atoms with van der Waals surface area (Å²) >= 11 is 1.35. The van der Waals surface area contributed by atoms with Crippen LogP contribution < -0.4 is 5.32 Å². The van der Waals surface area contributed by atoms with E-state index >= 15 is 0 Å². The Labute approximate surface area is 152 Å². The molecule has 6 nitrogen and oxygen atoms in total. The fourth-order valence-electron chi connectivity index (χ4n) is 2.01. The minimum atomic E-state index is -4.39. The molecule has 1 aromatic heterocycles. The van der Waals surface area contributed by atoms with Crippen LogP contribution >= 0.6 is 11.8 Å². The van der Waals surface area contributed by atoms with Gasteiger partial charge in [-0.3, -0.25) is 4.79 Å². The van der Waals surface area contributed by atoms with Gasteiger partial charge in [-0.05, 0) is 26.0 Å². The first-order chi connectivity index (χ1) is 12.2. The summed E-state index contributed by atoms with van der Waals surface area (Å²) in [6.45, 7) is 1.71. The van der Waals surface area contributed by atoms with Crippen LogP contribution in [0.15, 0.2) is 33.7 Å². The van der Waals surface area contributed by atoms with Gasteiger partial charge in [0.2, 0.25) is 5.89 Å². The number of thioether (sulfide) groups is 1. The van der Waals surface area contributed by atoms with Crippen molar-refractivity contribution < 1.29 is 27.2 Å². The molecule has 26 heavy (non-hydrogen) atoms. The van der Waals surface area contributed by atoms with Crippen molar-refractivity contribution in [2.24, 2.45) is 0 Å². The van der Waals surface area contributed by atoms with E-state index in [1.165, 1.54) is 11.8 Å². The van der Waals surface area contributed by atoms with Gasteiger partial charge >= 0.3 is 6.18 Å². The zero-order chi connectivity index (χ0) is 19.2. The maximum Gasteiger partial charge on any atom is 0.411 e. The maximum atomic E-state index is 12.4. The van der Waals surface area contributed by atoms with Crippen molar-refractivity contribution in [2.75, 3.05) is 13.2 Å². The van der Waals surface area contributed by atoms with Gasteiger partial charge in [0.05, 0.1) is 17.9 Å². The van der Waals surface area contributed by atoms with Crippen LogP contribution in [0, 0.1) is 6.92 Å². The molecule has 0 saturated carbocycles. The minimum Gasteiger partial charge on any atom is -0.370 e. The Bertz CT molecular complexity index is 737. The average Bonchev–Trinajstić information content (AvgIpc) is 2.97. The van der Waals surface area contributed by atoms with Crippen molar-refractivity contribution in [3.63, 3.8) is 0 Å². The average molecular weight is 389 g/mol. The van der Waals surface area contributed by atoms with E-state index in [9.17, 15) is 18.0 Å². The lowest BCUT2D eigenvalue weighted by atomic mass is 10.2. The third kappa shape index (κ3) is 6.68. The van der Waals surface area contributed by atoms with Crippen LogP contribution in [0.5, 0.6) is 0 Å². The standard InChI is InChI=1S/C16H18F3N3O3S/c1-10(7-24-9-16(17,18)19)20-15(23)12-5-3-4-6-13(12)26-8-14-21-11(2)22-25-14/h3-6,10H,7-9H2,1-2H3,(H,20,23). The van der Waals surface area contributed by atoms with Crippen LogP contribution in [0.4, 0.5) is 13.2 Å². The monoisotopic (exact) mass is 389 g/mol. The number of aryl methyl sites for hydroxylation is 1. The molecular weight excluding hydrogens is 371 g/mol. The molecule has 10 heteroatoms. The van der Waals surface area contributed by atoms with Crippen molar-refractivity contribution in [3.8, 4) is 0 Å². The summed E-state index contributed by atoms with van der Waals surface area (Å²) in [5.74, 6) is 0.976. The van der Waals surface area contributed by atoms with Crippen molar-refractivity contribution >= 4 is 17.7 Å². The van der Waals surface area contributed by atoms with Crippen LogP contribution in [0.25, 0.3) is 0 Å². The molecular formula is C16H18F3N3O3S. The molecule has 1 atom stereocenters. The quantitative estimate of drug-likeness (QED) is 0.698. The molecule has 0 aliphatic heterocycles. The van der Waals surface area contributed by atoms with Crippen molar-refractivity contribution in [1.82, 2.24) is 15.5 Å². The second-order valence-electron chi connectivity index (χ2n) is 5.52. The fraction of sp³-hybridized carbons (Fsp3) is 0.438. The predicted octanol–water partition coefficient (Wildman–Crippen LogP) is 3.37. The van der Waals surface area contributed by atoms with E-state index in [2.05, 4.69) is 20.2 Å². The highest BCUT2D eigenvalue weighted by molar-refractivity contribution is 7.98. The number of benzene rings is 1. The summed E-state index contributed by atoms with van der Waals surface area (Å²) < 4.78 is 45.8. The lowest BCUT2D eigenvalue weighted by Crippen LogP contribution is -2.37. The van der Waals surface area contributed by atoms with Crippen molar-refractivity contribution in [1.29, 1.82) is 0 Å². The minimum absolute atomic E-state index is 0.234.